The van der Waals surface area contributed by atoms with Gasteiger partial charge in [-0.25, -0.2) is 0 Å². The van der Waals surface area contributed by atoms with Gasteiger partial charge in [-0.3, -0.25) is 4.79 Å². The second-order valence-corrected chi connectivity index (χ2v) is 5.24. The van der Waals surface area contributed by atoms with E-state index in [1.807, 2.05) is 6.92 Å². The van der Waals surface area contributed by atoms with Crippen LogP contribution in [0.5, 0.6) is 0 Å². The van der Waals surface area contributed by atoms with Crippen LogP contribution in [0.2, 0.25) is 0 Å². The number of aliphatic hydroxyl groups excluding tert-OH is 1. The van der Waals surface area contributed by atoms with Crippen molar-refractivity contribution in [2.24, 2.45) is 11.7 Å². The molecular weight excluding hydrogens is 220 g/mol. The third-order valence-electron chi connectivity index (χ3n) is 3.67. The van der Waals surface area contributed by atoms with Crippen LogP contribution in [0.1, 0.15) is 26.2 Å². The Balaban J connectivity index is 1.87. The van der Waals surface area contributed by atoms with E-state index in [1.165, 1.54) is 0 Å². The number of hydrogen-bond acceptors (Lipinski definition) is 4. The van der Waals surface area contributed by atoms with Gasteiger partial charge in [-0.1, -0.05) is 0 Å². The van der Waals surface area contributed by atoms with Crippen LogP contribution in [0, 0.1) is 5.92 Å². The van der Waals surface area contributed by atoms with E-state index in [2.05, 4.69) is 0 Å². The molecule has 1 saturated carbocycles. The highest BCUT2D eigenvalue weighted by atomic mass is 16.5. The van der Waals surface area contributed by atoms with Crippen molar-refractivity contribution in [1.82, 2.24) is 4.90 Å². The van der Waals surface area contributed by atoms with Gasteiger partial charge < -0.3 is 20.5 Å². The number of rotatable bonds is 4. The summed E-state index contributed by atoms with van der Waals surface area (Å²) in [7, 11) is 0. The molecule has 0 spiro atoms. The molecular formula is C12H22N2O3. The van der Waals surface area contributed by atoms with Crippen LogP contribution >= 0.6 is 0 Å². The molecule has 0 aromatic heterocycles. The van der Waals surface area contributed by atoms with Crippen LogP contribution in [0.15, 0.2) is 0 Å². The Morgan fingerprint density at radius 3 is 2.88 bits per heavy atom. The Labute approximate surface area is 102 Å². The van der Waals surface area contributed by atoms with Crippen LogP contribution in [0.4, 0.5) is 0 Å². The predicted molar refractivity (Wildman–Crippen MR) is 63.3 cm³/mol. The molecule has 98 valence electrons. The van der Waals surface area contributed by atoms with E-state index in [-0.39, 0.29) is 30.7 Å². The first kappa shape index (κ1) is 12.8. The summed E-state index contributed by atoms with van der Waals surface area (Å²) in [6.07, 6.45) is 2.50. The number of nitrogens with zero attached hydrogens (tertiary/aromatic N) is 1. The van der Waals surface area contributed by atoms with Crippen molar-refractivity contribution in [3.05, 3.63) is 0 Å². The lowest BCUT2D eigenvalue weighted by atomic mass is 10.1. The summed E-state index contributed by atoms with van der Waals surface area (Å²) in [5.41, 5.74) is 5.97. The smallest absolute Gasteiger partial charge is 0.224 e. The lowest BCUT2D eigenvalue weighted by Crippen LogP contribution is -2.53. The highest BCUT2D eigenvalue weighted by molar-refractivity contribution is 5.77. The molecule has 0 bridgehead atoms. The predicted octanol–water partition coefficient (Wildman–Crippen LogP) is -0.278. The van der Waals surface area contributed by atoms with Gasteiger partial charge in [-0.2, -0.15) is 0 Å². The summed E-state index contributed by atoms with van der Waals surface area (Å²) in [4.78, 5) is 13.9. The molecule has 2 rings (SSSR count). The fraction of sp³-hybridized carbons (Fsp3) is 0.917. The molecule has 1 aliphatic heterocycles. The average Bonchev–Trinajstić information content (AvgIpc) is 3.13. The minimum atomic E-state index is -0.243. The lowest BCUT2D eigenvalue weighted by Gasteiger charge is -2.38. The second kappa shape index (κ2) is 5.33. The van der Waals surface area contributed by atoms with Gasteiger partial charge in [0.1, 0.15) is 0 Å². The first-order valence-electron chi connectivity index (χ1n) is 6.39. The molecule has 5 heteroatoms. The largest absolute Gasteiger partial charge is 0.394 e. The molecule has 3 unspecified atom stereocenters. The zero-order valence-corrected chi connectivity index (χ0v) is 10.3. The Hall–Kier alpha value is -0.650. The van der Waals surface area contributed by atoms with E-state index in [9.17, 15) is 4.79 Å². The molecule has 3 N–H and O–H groups in total. The number of nitrogens with two attached hydrogens (primary N) is 1. The Morgan fingerprint density at radius 2 is 2.29 bits per heavy atom. The van der Waals surface area contributed by atoms with Gasteiger partial charge >= 0.3 is 0 Å². The maximum Gasteiger partial charge on any atom is 0.224 e. The van der Waals surface area contributed by atoms with Gasteiger partial charge in [-0.15, -0.1) is 0 Å². The quantitative estimate of drug-likeness (QED) is 0.711. The van der Waals surface area contributed by atoms with Crippen molar-refractivity contribution in [1.29, 1.82) is 0 Å². The van der Waals surface area contributed by atoms with Gasteiger partial charge in [0.25, 0.3) is 0 Å². The number of amides is 1. The average molecular weight is 242 g/mol. The minimum absolute atomic E-state index is 0.00474. The van der Waals surface area contributed by atoms with Crippen LogP contribution in [0.3, 0.4) is 0 Å². The van der Waals surface area contributed by atoms with Crippen LogP contribution in [0.25, 0.3) is 0 Å². The monoisotopic (exact) mass is 242 g/mol. The van der Waals surface area contributed by atoms with Crippen molar-refractivity contribution in [2.45, 2.75) is 44.4 Å². The molecule has 2 fully saturated rings. The Kier molecular flexibility index (Phi) is 4.01. The molecule has 2 aliphatic rings. The summed E-state index contributed by atoms with van der Waals surface area (Å²) in [5.74, 6) is 0.641. The van der Waals surface area contributed by atoms with Crippen molar-refractivity contribution >= 4 is 5.91 Å². The fourth-order valence-electron chi connectivity index (χ4n) is 2.29. The summed E-state index contributed by atoms with van der Waals surface area (Å²) in [6, 6.07) is 0.0850. The van der Waals surface area contributed by atoms with Gasteiger partial charge in [0.15, 0.2) is 0 Å². The number of ether oxygens (including phenoxy) is 1. The molecule has 0 aromatic carbocycles. The molecule has 3 atom stereocenters. The van der Waals surface area contributed by atoms with E-state index in [0.29, 0.717) is 25.5 Å². The SMILES string of the molecule is CC1COC(CO)CN1C(=O)CC(N)C1CC1. The second-order valence-electron chi connectivity index (χ2n) is 5.24. The number of hydrogen-bond donors (Lipinski definition) is 2. The molecule has 1 heterocycles. The normalized spacial score (nSPS) is 31.4. The van der Waals surface area contributed by atoms with Crippen molar-refractivity contribution in [2.75, 3.05) is 19.8 Å². The molecule has 1 saturated heterocycles. The molecule has 1 amide bonds. The topological polar surface area (TPSA) is 75.8 Å². The standard InChI is InChI=1S/C12H22N2O3/c1-8-7-17-10(6-15)5-14(8)12(16)4-11(13)9-2-3-9/h8-11,15H,2-7,13H2,1H3. The van der Waals surface area contributed by atoms with Gasteiger partial charge in [0.2, 0.25) is 5.91 Å². The summed E-state index contributed by atoms with van der Waals surface area (Å²) < 4.78 is 5.41. The highest BCUT2D eigenvalue weighted by Crippen LogP contribution is 2.33. The number of morpholine rings is 1. The van der Waals surface area contributed by atoms with E-state index in [1.54, 1.807) is 4.90 Å². The van der Waals surface area contributed by atoms with Crippen molar-refractivity contribution in [3.8, 4) is 0 Å². The number of carbonyl (C=O) groups excluding carboxylic acids is 1. The van der Waals surface area contributed by atoms with Gasteiger partial charge in [0, 0.05) is 19.0 Å². The zero-order chi connectivity index (χ0) is 12.4. The maximum atomic E-state index is 12.1. The van der Waals surface area contributed by atoms with E-state index in [4.69, 9.17) is 15.6 Å². The third-order valence-corrected chi connectivity index (χ3v) is 3.67. The van der Waals surface area contributed by atoms with Crippen LogP contribution in [-0.4, -0.2) is 53.9 Å². The molecule has 0 radical (unpaired) electrons. The van der Waals surface area contributed by atoms with E-state index < -0.39 is 0 Å². The van der Waals surface area contributed by atoms with E-state index >= 15 is 0 Å². The van der Waals surface area contributed by atoms with Crippen LogP contribution < -0.4 is 5.73 Å². The molecule has 1 aliphatic carbocycles. The molecule has 0 aromatic rings. The third kappa shape index (κ3) is 3.18. The lowest BCUT2D eigenvalue weighted by molar-refractivity contribution is -0.146. The van der Waals surface area contributed by atoms with E-state index in [0.717, 1.165) is 12.8 Å². The highest BCUT2D eigenvalue weighted by Gasteiger charge is 2.34. The van der Waals surface area contributed by atoms with Gasteiger partial charge in [-0.05, 0) is 25.7 Å². The first-order valence-corrected chi connectivity index (χ1v) is 6.39. The number of aliphatic hydroxyl groups is 1. The van der Waals surface area contributed by atoms with Gasteiger partial charge in [0.05, 0.1) is 25.4 Å². The fourth-order valence-corrected chi connectivity index (χ4v) is 2.29. The van der Waals surface area contributed by atoms with Crippen LogP contribution in [-0.2, 0) is 9.53 Å². The van der Waals surface area contributed by atoms with Crippen molar-refractivity contribution < 1.29 is 14.6 Å². The number of carbonyl (C=O) groups is 1. The summed E-state index contributed by atoms with van der Waals surface area (Å²) in [5, 5.41) is 9.07. The first-order chi connectivity index (χ1) is 8.11. The molecule has 17 heavy (non-hydrogen) atoms. The van der Waals surface area contributed by atoms with Crippen molar-refractivity contribution in [3.63, 3.8) is 0 Å². The zero-order valence-electron chi connectivity index (χ0n) is 10.3. The summed E-state index contributed by atoms with van der Waals surface area (Å²) >= 11 is 0. The minimum Gasteiger partial charge on any atom is -0.394 e. The summed E-state index contributed by atoms with van der Waals surface area (Å²) in [6.45, 7) is 2.91. The molecule has 5 nitrogen and oxygen atoms in total. The Morgan fingerprint density at radius 1 is 1.59 bits per heavy atom. The Bertz CT molecular complexity index is 281. The maximum absolute atomic E-state index is 12.1.